The van der Waals surface area contributed by atoms with Gasteiger partial charge in [0.05, 0.1) is 18.3 Å². The Bertz CT molecular complexity index is 410. The number of rotatable bonds is 3. The second-order valence-corrected chi connectivity index (χ2v) is 4.15. The molecule has 1 atom stereocenters. The topological polar surface area (TPSA) is 44.4 Å². The molecule has 2 rings (SSSR count). The average molecular weight is 237 g/mol. The molecule has 1 aliphatic rings. The van der Waals surface area contributed by atoms with E-state index < -0.39 is 0 Å². The number of hydrogen-bond acceptors (Lipinski definition) is 3. The molecule has 1 aromatic carbocycles. The van der Waals surface area contributed by atoms with Crippen molar-refractivity contribution in [1.82, 2.24) is 10.6 Å². The Morgan fingerprint density at radius 3 is 3.00 bits per heavy atom. The zero-order chi connectivity index (χ0) is 12.3. The van der Waals surface area contributed by atoms with Crippen molar-refractivity contribution in [2.75, 3.05) is 31.6 Å². The zero-order valence-corrected chi connectivity index (χ0v) is 9.74. The first kappa shape index (κ1) is 11.9. The maximum Gasteiger partial charge on any atom is 0.239 e. The Morgan fingerprint density at radius 2 is 2.29 bits per heavy atom. The highest BCUT2D eigenvalue weighted by Gasteiger charge is 2.25. The van der Waals surface area contributed by atoms with Gasteiger partial charge < -0.3 is 15.5 Å². The van der Waals surface area contributed by atoms with Gasteiger partial charge in [-0.1, -0.05) is 12.1 Å². The molecule has 5 heteroatoms. The number of anilines is 1. The van der Waals surface area contributed by atoms with Crippen LogP contribution in [0.15, 0.2) is 24.3 Å². The predicted octanol–water partition coefficient (Wildman–Crippen LogP) is 0.350. The number of nitrogens with one attached hydrogen (secondary N) is 2. The number of halogens is 1. The lowest BCUT2D eigenvalue weighted by molar-refractivity contribution is -0.121. The van der Waals surface area contributed by atoms with Crippen LogP contribution in [0.1, 0.15) is 0 Å². The highest BCUT2D eigenvalue weighted by Crippen LogP contribution is 2.19. The molecule has 0 radical (unpaired) electrons. The van der Waals surface area contributed by atoms with Gasteiger partial charge in [-0.2, -0.15) is 0 Å². The lowest BCUT2D eigenvalue weighted by atomic mass is 10.1. The standard InChI is InChI=1S/C12H16FN3O/c1-14-6-9-7-16(8-12(17)15-9)11-5-3-2-4-10(11)13/h2-5,9,14H,6-8H2,1H3,(H,15,17). The third kappa shape index (κ3) is 2.74. The average Bonchev–Trinajstić information content (AvgIpc) is 2.29. The minimum absolute atomic E-state index is 0.0147. The Labute approximate surface area is 99.8 Å². The number of para-hydroxylation sites is 1. The molecule has 1 heterocycles. The summed E-state index contributed by atoms with van der Waals surface area (Å²) in [5.41, 5.74) is 0.489. The Morgan fingerprint density at radius 1 is 1.53 bits per heavy atom. The summed E-state index contributed by atoms with van der Waals surface area (Å²) in [7, 11) is 1.83. The Kier molecular flexibility index (Phi) is 3.58. The summed E-state index contributed by atoms with van der Waals surface area (Å²) in [6.45, 7) is 1.51. The fourth-order valence-electron chi connectivity index (χ4n) is 2.08. The first-order valence-corrected chi connectivity index (χ1v) is 5.64. The molecule has 1 fully saturated rings. The van der Waals surface area contributed by atoms with Gasteiger partial charge in [0.1, 0.15) is 5.82 Å². The summed E-state index contributed by atoms with van der Waals surface area (Å²) in [6.07, 6.45) is 0. The van der Waals surface area contributed by atoms with Gasteiger partial charge in [-0.15, -0.1) is 0 Å². The number of benzene rings is 1. The van der Waals surface area contributed by atoms with Gasteiger partial charge in [0.2, 0.25) is 5.91 Å². The third-order valence-electron chi connectivity index (χ3n) is 2.78. The number of nitrogens with zero attached hydrogens (tertiary/aromatic N) is 1. The first-order chi connectivity index (χ1) is 8.20. The van der Waals surface area contributed by atoms with E-state index in [1.165, 1.54) is 6.07 Å². The van der Waals surface area contributed by atoms with Crippen LogP contribution in [0.5, 0.6) is 0 Å². The van der Waals surface area contributed by atoms with Crippen LogP contribution in [0.4, 0.5) is 10.1 Å². The Hall–Kier alpha value is -1.62. The first-order valence-electron chi connectivity index (χ1n) is 5.64. The summed E-state index contributed by atoms with van der Waals surface area (Å²) in [5.74, 6) is -0.356. The van der Waals surface area contributed by atoms with Gasteiger partial charge >= 0.3 is 0 Å². The van der Waals surface area contributed by atoms with Gasteiger partial charge in [-0.3, -0.25) is 4.79 Å². The molecule has 0 spiro atoms. The third-order valence-corrected chi connectivity index (χ3v) is 2.78. The summed E-state index contributed by atoms with van der Waals surface area (Å²) in [5, 5.41) is 5.88. The summed E-state index contributed by atoms with van der Waals surface area (Å²) in [6, 6.07) is 6.55. The maximum absolute atomic E-state index is 13.6. The fraction of sp³-hybridized carbons (Fsp3) is 0.417. The summed E-state index contributed by atoms with van der Waals surface area (Å²) < 4.78 is 13.6. The molecular formula is C12H16FN3O. The number of piperazine rings is 1. The second kappa shape index (κ2) is 5.14. The minimum Gasteiger partial charge on any atom is -0.358 e. The van der Waals surface area contributed by atoms with E-state index in [1.54, 1.807) is 23.1 Å². The molecule has 1 amide bonds. The highest BCUT2D eigenvalue weighted by molar-refractivity contribution is 5.83. The number of amides is 1. The van der Waals surface area contributed by atoms with Crippen LogP contribution < -0.4 is 15.5 Å². The molecule has 1 saturated heterocycles. The largest absolute Gasteiger partial charge is 0.358 e. The highest BCUT2D eigenvalue weighted by atomic mass is 19.1. The van der Waals surface area contributed by atoms with Crippen molar-refractivity contribution in [1.29, 1.82) is 0 Å². The van der Waals surface area contributed by atoms with Gasteiger partial charge in [0, 0.05) is 13.1 Å². The van der Waals surface area contributed by atoms with Gasteiger partial charge in [0.25, 0.3) is 0 Å². The van der Waals surface area contributed by atoms with E-state index >= 15 is 0 Å². The van der Waals surface area contributed by atoms with Gasteiger partial charge in [0.15, 0.2) is 0 Å². The van der Waals surface area contributed by atoms with Crippen LogP contribution in [0.25, 0.3) is 0 Å². The van der Waals surface area contributed by atoms with Crippen molar-refractivity contribution in [2.24, 2.45) is 0 Å². The lowest BCUT2D eigenvalue weighted by Crippen LogP contribution is -2.57. The number of likely N-dealkylation sites (N-methyl/N-ethyl adjacent to an activating group) is 1. The van der Waals surface area contributed by atoms with Crippen LogP contribution in [0.3, 0.4) is 0 Å². The lowest BCUT2D eigenvalue weighted by Gasteiger charge is -2.34. The number of carbonyl (C=O) groups excluding carboxylic acids is 1. The van der Waals surface area contributed by atoms with Crippen LogP contribution >= 0.6 is 0 Å². The summed E-state index contributed by atoms with van der Waals surface area (Å²) in [4.78, 5) is 13.3. The molecule has 1 unspecified atom stereocenters. The van der Waals surface area contributed by atoms with E-state index in [2.05, 4.69) is 10.6 Å². The SMILES string of the molecule is CNCC1CN(c2ccccc2F)CC(=O)N1. The molecule has 17 heavy (non-hydrogen) atoms. The second-order valence-electron chi connectivity index (χ2n) is 4.15. The van der Waals surface area contributed by atoms with Crippen LogP contribution in [-0.2, 0) is 4.79 Å². The molecule has 0 saturated carbocycles. The van der Waals surface area contributed by atoms with Crippen LogP contribution in [-0.4, -0.2) is 38.6 Å². The fourth-order valence-corrected chi connectivity index (χ4v) is 2.08. The van der Waals surface area contributed by atoms with Crippen molar-refractivity contribution in [3.63, 3.8) is 0 Å². The smallest absolute Gasteiger partial charge is 0.239 e. The van der Waals surface area contributed by atoms with E-state index in [1.807, 2.05) is 7.05 Å². The predicted molar refractivity (Wildman–Crippen MR) is 64.5 cm³/mol. The van der Waals surface area contributed by atoms with E-state index in [-0.39, 0.29) is 24.3 Å². The van der Waals surface area contributed by atoms with Crippen molar-refractivity contribution in [2.45, 2.75) is 6.04 Å². The quantitative estimate of drug-likeness (QED) is 0.797. The summed E-state index contributed by atoms with van der Waals surface area (Å²) >= 11 is 0. The number of hydrogen-bond donors (Lipinski definition) is 2. The molecule has 0 aliphatic carbocycles. The monoisotopic (exact) mass is 237 g/mol. The molecule has 1 aromatic rings. The normalized spacial score (nSPS) is 20.2. The zero-order valence-electron chi connectivity index (χ0n) is 9.74. The van der Waals surface area contributed by atoms with Crippen molar-refractivity contribution >= 4 is 11.6 Å². The minimum atomic E-state index is -0.287. The molecule has 92 valence electrons. The molecule has 0 aromatic heterocycles. The Balaban J connectivity index is 2.15. The van der Waals surface area contributed by atoms with Crippen molar-refractivity contribution < 1.29 is 9.18 Å². The van der Waals surface area contributed by atoms with E-state index in [4.69, 9.17) is 0 Å². The maximum atomic E-state index is 13.6. The van der Waals surface area contributed by atoms with Gasteiger partial charge in [-0.25, -0.2) is 4.39 Å². The van der Waals surface area contributed by atoms with Gasteiger partial charge in [-0.05, 0) is 19.2 Å². The van der Waals surface area contributed by atoms with E-state index in [0.717, 1.165) is 0 Å². The van der Waals surface area contributed by atoms with Crippen LogP contribution in [0.2, 0.25) is 0 Å². The van der Waals surface area contributed by atoms with Crippen LogP contribution in [0, 0.1) is 5.82 Å². The molecular weight excluding hydrogens is 221 g/mol. The van der Waals surface area contributed by atoms with Crippen molar-refractivity contribution in [3.8, 4) is 0 Å². The molecule has 1 aliphatic heterocycles. The molecule has 2 N–H and O–H groups in total. The van der Waals surface area contributed by atoms with E-state index in [9.17, 15) is 9.18 Å². The van der Waals surface area contributed by atoms with Crippen molar-refractivity contribution in [3.05, 3.63) is 30.1 Å². The molecule has 0 bridgehead atoms. The number of carbonyl (C=O) groups is 1. The molecule has 4 nitrogen and oxygen atoms in total. The van der Waals surface area contributed by atoms with E-state index in [0.29, 0.717) is 18.8 Å².